The van der Waals surface area contributed by atoms with Crippen LogP contribution in [0.5, 0.6) is 17.4 Å². The topological polar surface area (TPSA) is 77.8 Å². The summed E-state index contributed by atoms with van der Waals surface area (Å²) in [5.74, 6) is -0.215. The van der Waals surface area contributed by atoms with E-state index in [1.807, 2.05) is 0 Å². The van der Waals surface area contributed by atoms with Crippen molar-refractivity contribution in [3.05, 3.63) is 52.5 Å². The van der Waals surface area contributed by atoms with E-state index in [0.29, 0.717) is 46.2 Å². The Morgan fingerprint density at radius 3 is 2.54 bits per heavy atom. The number of carbonyl (C=O) groups is 2. The number of halogens is 1. The van der Waals surface area contributed by atoms with Gasteiger partial charge in [-0.25, -0.2) is 4.57 Å². The number of rotatable bonds is 2. The Kier molecular flexibility index (Phi) is 3.85. The van der Waals surface area contributed by atoms with Crippen LogP contribution in [-0.2, 0) is 0 Å². The highest BCUT2D eigenvalue weighted by molar-refractivity contribution is 6.31. The van der Waals surface area contributed by atoms with Crippen molar-refractivity contribution in [3.8, 4) is 17.4 Å². The van der Waals surface area contributed by atoms with Crippen LogP contribution in [0.2, 0.25) is 5.02 Å². The molecule has 1 aliphatic rings. The van der Waals surface area contributed by atoms with Crippen LogP contribution >= 0.6 is 11.6 Å². The average molecular weight is 372 g/mol. The highest BCUT2D eigenvalue weighted by atomic mass is 35.5. The van der Waals surface area contributed by atoms with Crippen LogP contribution in [0.4, 0.5) is 0 Å². The molecule has 0 saturated heterocycles. The number of ketones is 1. The Balaban J connectivity index is 1.90. The van der Waals surface area contributed by atoms with Gasteiger partial charge in [-0.1, -0.05) is 17.7 Å². The Labute approximate surface area is 153 Å². The van der Waals surface area contributed by atoms with Gasteiger partial charge in [-0.2, -0.15) is 0 Å². The van der Waals surface area contributed by atoms with E-state index in [1.54, 1.807) is 36.4 Å². The molecule has 1 N–H and O–H groups in total. The lowest BCUT2D eigenvalue weighted by atomic mass is 10.0. The molecule has 0 saturated carbocycles. The summed E-state index contributed by atoms with van der Waals surface area (Å²) in [7, 11) is 0. The summed E-state index contributed by atoms with van der Waals surface area (Å²) in [5, 5.41) is 11.4. The van der Waals surface area contributed by atoms with Crippen molar-refractivity contribution in [1.82, 2.24) is 4.57 Å². The first-order valence-corrected chi connectivity index (χ1v) is 8.33. The van der Waals surface area contributed by atoms with Gasteiger partial charge < -0.3 is 14.6 Å². The first kappa shape index (κ1) is 16.5. The van der Waals surface area contributed by atoms with Gasteiger partial charge in [0.15, 0.2) is 17.3 Å². The quantitative estimate of drug-likeness (QED) is 0.695. The first-order valence-electron chi connectivity index (χ1n) is 7.95. The predicted octanol–water partition coefficient (Wildman–Crippen LogP) is 3.66. The fourth-order valence-electron chi connectivity index (χ4n) is 3.12. The SMILES string of the molecule is CC(=O)n1c(O)c(C(=O)c2ccc3c(c2)OCCO3)c2ccc(Cl)cc21. The van der Waals surface area contributed by atoms with E-state index in [2.05, 4.69) is 0 Å². The summed E-state index contributed by atoms with van der Waals surface area (Å²) < 4.78 is 12.0. The largest absolute Gasteiger partial charge is 0.494 e. The lowest BCUT2D eigenvalue weighted by Gasteiger charge is -2.18. The smallest absolute Gasteiger partial charge is 0.230 e. The van der Waals surface area contributed by atoms with E-state index in [0.717, 1.165) is 4.57 Å². The number of nitrogens with zero attached hydrogens (tertiary/aromatic N) is 1. The number of hydrogen-bond acceptors (Lipinski definition) is 5. The molecular formula is C19H14ClNO5. The lowest BCUT2D eigenvalue weighted by molar-refractivity contribution is 0.0933. The molecule has 0 unspecified atom stereocenters. The molecule has 6 nitrogen and oxygen atoms in total. The van der Waals surface area contributed by atoms with Gasteiger partial charge in [0.25, 0.3) is 0 Å². The minimum Gasteiger partial charge on any atom is -0.494 e. The highest BCUT2D eigenvalue weighted by Gasteiger charge is 2.26. The first-order chi connectivity index (χ1) is 12.5. The zero-order valence-corrected chi connectivity index (χ0v) is 14.5. The summed E-state index contributed by atoms with van der Waals surface area (Å²) in [6.07, 6.45) is 0. The molecule has 1 aromatic heterocycles. The maximum Gasteiger partial charge on any atom is 0.230 e. The molecule has 3 aromatic rings. The van der Waals surface area contributed by atoms with Gasteiger partial charge >= 0.3 is 0 Å². The van der Waals surface area contributed by atoms with E-state index in [9.17, 15) is 14.7 Å². The third-order valence-electron chi connectivity index (χ3n) is 4.25. The fourth-order valence-corrected chi connectivity index (χ4v) is 3.29. The molecule has 0 spiro atoms. The summed E-state index contributed by atoms with van der Waals surface area (Å²) in [5.41, 5.74) is 0.744. The molecule has 0 aliphatic carbocycles. The lowest BCUT2D eigenvalue weighted by Crippen LogP contribution is -2.16. The van der Waals surface area contributed by atoms with E-state index in [4.69, 9.17) is 21.1 Å². The third-order valence-corrected chi connectivity index (χ3v) is 4.49. The fraction of sp³-hybridized carbons (Fsp3) is 0.158. The van der Waals surface area contributed by atoms with Gasteiger partial charge in [0.05, 0.1) is 11.1 Å². The molecule has 0 radical (unpaired) electrons. The van der Waals surface area contributed by atoms with Gasteiger partial charge in [-0.3, -0.25) is 9.59 Å². The van der Waals surface area contributed by atoms with Crippen molar-refractivity contribution in [2.45, 2.75) is 6.92 Å². The van der Waals surface area contributed by atoms with E-state index < -0.39 is 17.6 Å². The van der Waals surface area contributed by atoms with Crippen LogP contribution in [0.1, 0.15) is 27.6 Å². The zero-order chi connectivity index (χ0) is 18.4. The molecule has 4 rings (SSSR count). The van der Waals surface area contributed by atoms with Crippen LogP contribution in [-0.4, -0.2) is 34.6 Å². The normalized spacial score (nSPS) is 13.0. The van der Waals surface area contributed by atoms with Gasteiger partial charge in [-0.15, -0.1) is 0 Å². The molecule has 0 fully saturated rings. The van der Waals surface area contributed by atoms with Crippen LogP contribution in [0, 0.1) is 0 Å². The Morgan fingerprint density at radius 1 is 1.08 bits per heavy atom. The van der Waals surface area contributed by atoms with Crippen molar-refractivity contribution in [2.24, 2.45) is 0 Å². The number of aromatic nitrogens is 1. The maximum absolute atomic E-state index is 13.1. The minimum absolute atomic E-state index is 0.0449. The van der Waals surface area contributed by atoms with Crippen molar-refractivity contribution in [2.75, 3.05) is 13.2 Å². The highest BCUT2D eigenvalue weighted by Crippen LogP contribution is 2.37. The maximum atomic E-state index is 13.1. The summed E-state index contributed by atoms with van der Waals surface area (Å²) in [6.45, 7) is 2.16. The molecule has 0 amide bonds. The zero-order valence-electron chi connectivity index (χ0n) is 13.8. The van der Waals surface area contributed by atoms with Crippen molar-refractivity contribution in [3.63, 3.8) is 0 Å². The summed E-state index contributed by atoms with van der Waals surface area (Å²) in [4.78, 5) is 25.0. The molecule has 7 heteroatoms. The second-order valence-electron chi connectivity index (χ2n) is 5.90. The van der Waals surface area contributed by atoms with Gasteiger partial charge in [0, 0.05) is 22.9 Å². The number of ether oxygens (including phenoxy) is 2. The van der Waals surface area contributed by atoms with Gasteiger partial charge in [-0.05, 0) is 30.3 Å². The van der Waals surface area contributed by atoms with Crippen LogP contribution in [0.15, 0.2) is 36.4 Å². The second kappa shape index (κ2) is 6.07. The number of fused-ring (bicyclic) bond motifs is 2. The number of benzene rings is 2. The molecule has 2 aromatic carbocycles. The van der Waals surface area contributed by atoms with Crippen molar-refractivity contribution < 1.29 is 24.2 Å². The Bertz CT molecular complexity index is 1070. The minimum atomic E-state index is -0.424. The van der Waals surface area contributed by atoms with E-state index >= 15 is 0 Å². The van der Waals surface area contributed by atoms with Crippen LogP contribution in [0.3, 0.4) is 0 Å². The molecule has 26 heavy (non-hydrogen) atoms. The molecule has 132 valence electrons. The molecular weight excluding hydrogens is 358 g/mol. The van der Waals surface area contributed by atoms with E-state index in [1.165, 1.54) is 6.92 Å². The Hall–Kier alpha value is -2.99. The predicted molar refractivity (Wildman–Crippen MR) is 95.8 cm³/mol. The monoisotopic (exact) mass is 371 g/mol. The number of aromatic hydroxyl groups is 1. The van der Waals surface area contributed by atoms with Crippen LogP contribution in [0.25, 0.3) is 10.9 Å². The van der Waals surface area contributed by atoms with E-state index in [-0.39, 0.29) is 5.56 Å². The number of hydrogen-bond donors (Lipinski definition) is 1. The molecule has 0 atom stereocenters. The molecule has 2 heterocycles. The van der Waals surface area contributed by atoms with Gasteiger partial charge in [0.1, 0.15) is 13.2 Å². The summed E-state index contributed by atoms with van der Waals surface area (Å²) >= 11 is 6.01. The number of carbonyl (C=O) groups excluding carboxylic acids is 2. The van der Waals surface area contributed by atoms with Gasteiger partial charge in [0.2, 0.25) is 11.8 Å². The third kappa shape index (κ3) is 2.50. The average Bonchev–Trinajstić information content (AvgIpc) is 2.91. The Morgan fingerprint density at radius 2 is 1.81 bits per heavy atom. The second-order valence-corrected chi connectivity index (χ2v) is 6.34. The summed E-state index contributed by atoms with van der Waals surface area (Å²) in [6, 6.07) is 9.58. The van der Waals surface area contributed by atoms with Crippen molar-refractivity contribution in [1.29, 1.82) is 0 Å². The van der Waals surface area contributed by atoms with Crippen molar-refractivity contribution >= 4 is 34.2 Å². The van der Waals surface area contributed by atoms with Crippen LogP contribution < -0.4 is 9.47 Å². The molecule has 0 bridgehead atoms. The standard InChI is InChI=1S/C19H14ClNO5/c1-10(22)21-14-9-12(20)3-4-13(14)17(19(21)24)18(23)11-2-5-15-16(8-11)26-7-6-25-15/h2-5,8-9,24H,6-7H2,1H3. The molecule has 1 aliphatic heterocycles.